The molecule has 0 aliphatic rings. The molecule has 0 N–H and O–H groups in total. The van der Waals surface area contributed by atoms with Gasteiger partial charge in [-0.1, -0.05) is 33.6 Å². The van der Waals surface area contributed by atoms with E-state index < -0.39 is 17.0 Å². The minimum atomic E-state index is -0.959. The molecule has 112 valence electrons. The van der Waals surface area contributed by atoms with Crippen molar-refractivity contribution in [2.24, 2.45) is 0 Å². The third kappa shape index (κ3) is 3.55. The zero-order chi connectivity index (χ0) is 15.6. The van der Waals surface area contributed by atoms with Crippen LogP contribution < -0.4 is 4.74 Å². The molecule has 0 saturated carbocycles. The van der Waals surface area contributed by atoms with Gasteiger partial charge in [-0.2, -0.15) is 0 Å². The van der Waals surface area contributed by atoms with Crippen LogP contribution in [0.1, 0.15) is 29.0 Å². The Morgan fingerprint density at radius 2 is 1.81 bits per heavy atom. The van der Waals surface area contributed by atoms with Crippen LogP contribution in [0.4, 0.5) is 8.78 Å². The molecule has 2 rings (SSSR count). The zero-order valence-corrected chi connectivity index (χ0v) is 13.9. The molecule has 1 nitrogen and oxygen atoms in total. The van der Waals surface area contributed by atoms with Gasteiger partial charge in [-0.25, -0.2) is 8.78 Å². The Hall–Kier alpha value is -1.13. The van der Waals surface area contributed by atoms with Crippen molar-refractivity contribution in [2.75, 3.05) is 6.61 Å². The molecule has 0 saturated heterocycles. The van der Waals surface area contributed by atoms with E-state index in [0.717, 1.165) is 5.56 Å². The SMILES string of the molecule is CCOc1ccc(C)cc1C(Cl)c1c(F)cc(Br)cc1F. The van der Waals surface area contributed by atoms with Crippen molar-refractivity contribution in [3.8, 4) is 5.75 Å². The molecule has 0 aliphatic heterocycles. The van der Waals surface area contributed by atoms with Crippen molar-refractivity contribution >= 4 is 27.5 Å². The number of rotatable bonds is 4. The van der Waals surface area contributed by atoms with E-state index in [-0.39, 0.29) is 5.56 Å². The first-order valence-corrected chi connectivity index (χ1v) is 7.68. The molecule has 2 aromatic carbocycles. The van der Waals surface area contributed by atoms with Crippen molar-refractivity contribution in [3.05, 3.63) is 63.1 Å². The van der Waals surface area contributed by atoms with Gasteiger partial charge in [0.2, 0.25) is 0 Å². The van der Waals surface area contributed by atoms with Crippen LogP contribution in [-0.4, -0.2) is 6.61 Å². The van der Waals surface area contributed by atoms with E-state index in [1.807, 2.05) is 19.9 Å². The second-order valence-corrected chi connectivity index (χ2v) is 5.97. The van der Waals surface area contributed by atoms with Gasteiger partial charge in [-0.3, -0.25) is 0 Å². The highest BCUT2D eigenvalue weighted by Crippen LogP contribution is 2.38. The number of hydrogen-bond acceptors (Lipinski definition) is 1. The van der Waals surface area contributed by atoms with E-state index in [1.165, 1.54) is 12.1 Å². The van der Waals surface area contributed by atoms with Crippen LogP contribution in [-0.2, 0) is 0 Å². The van der Waals surface area contributed by atoms with Gasteiger partial charge in [-0.05, 0) is 32.0 Å². The third-order valence-electron chi connectivity index (χ3n) is 3.04. The maximum absolute atomic E-state index is 14.1. The van der Waals surface area contributed by atoms with Gasteiger partial charge in [0.1, 0.15) is 17.4 Å². The lowest BCUT2D eigenvalue weighted by molar-refractivity contribution is 0.336. The molecule has 0 aliphatic carbocycles. The molecule has 5 heteroatoms. The van der Waals surface area contributed by atoms with Crippen LogP contribution in [0, 0.1) is 18.6 Å². The fourth-order valence-corrected chi connectivity index (χ4v) is 2.88. The largest absolute Gasteiger partial charge is 0.494 e. The molecule has 0 fully saturated rings. The standard InChI is InChI=1S/C16H14BrClF2O/c1-3-21-14-5-4-9(2)6-11(14)16(18)15-12(19)7-10(17)8-13(15)20/h4-8,16H,3H2,1-2H3. The van der Waals surface area contributed by atoms with Gasteiger partial charge >= 0.3 is 0 Å². The highest BCUT2D eigenvalue weighted by atomic mass is 79.9. The van der Waals surface area contributed by atoms with Crippen molar-refractivity contribution < 1.29 is 13.5 Å². The monoisotopic (exact) mass is 374 g/mol. The van der Waals surface area contributed by atoms with E-state index >= 15 is 0 Å². The van der Waals surface area contributed by atoms with Gasteiger partial charge in [0, 0.05) is 15.6 Å². The molecule has 2 aromatic rings. The smallest absolute Gasteiger partial charge is 0.132 e. The van der Waals surface area contributed by atoms with Gasteiger partial charge in [0.15, 0.2) is 0 Å². The molecule has 0 aromatic heterocycles. The Morgan fingerprint density at radius 1 is 1.19 bits per heavy atom. The van der Waals surface area contributed by atoms with E-state index in [4.69, 9.17) is 16.3 Å². The van der Waals surface area contributed by atoms with E-state index in [9.17, 15) is 8.78 Å². The first kappa shape index (κ1) is 16.2. The van der Waals surface area contributed by atoms with Gasteiger partial charge < -0.3 is 4.74 Å². The fraction of sp³-hybridized carbons (Fsp3) is 0.250. The predicted octanol–water partition coefficient (Wildman–Crippen LogP) is 5.76. The van der Waals surface area contributed by atoms with Crippen LogP contribution in [0.5, 0.6) is 5.75 Å². The third-order valence-corrected chi connectivity index (χ3v) is 3.95. The first-order chi connectivity index (χ1) is 9.93. The molecule has 0 spiro atoms. The normalized spacial score (nSPS) is 12.3. The minimum Gasteiger partial charge on any atom is -0.494 e. The molecular formula is C16H14BrClF2O. The summed E-state index contributed by atoms with van der Waals surface area (Å²) in [6.45, 7) is 4.18. The van der Waals surface area contributed by atoms with Crippen LogP contribution in [0.3, 0.4) is 0 Å². The maximum Gasteiger partial charge on any atom is 0.132 e. The molecule has 21 heavy (non-hydrogen) atoms. The number of ether oxygens (including phenoxy) is 1. The van der Waals surface area contributed by atoms with Crippen molar-refractivity contribution in [1.82, 2.24) is 0 Å². The second-order valence-electron chi connectivity index (χ2n) is 4.62. The van der Waals surface area contributed by atoms with Crippen LogP contribution in [0.15, 0.2) is 34.8 Å². The molecule has 0 amide bonds. The molecule has 1 atom stereocenters. The summed E-state index contributed by atoms with van der Waals surface area (Å²) in [5, 5.41) is -0.959. The Balaban J connectivity index is 2.54. The lowest BCUT2D eigenvalue weighted by Crippen LogP contribution is -2.05. The predicted molar refractivity (Wildman–Crippen MR) is 84.1 cm³/mol. The van der Waals surface area contributed by atoms with Gasteiger partial charge in [-0.15, -0.1) is 11.6 Å². The van der Waals surface area contributed by atoms with Gasteiger partial charge in [0.05, 0.1) is 12.0 Å². The number of alkyl halides is 1. The average Bonchev–Trinajstić information content (AvgIpc) is 2.39. The molecule has 0 bridgehead atoms. The van der Waals surface area contributed by atoms with Crippen molar-refractivity contribution in [1.29, 1.82) is 0 Å². The highest BCUT2D eigenvalue weighted by Gasteiger charge is 2.23. The van der Waals surface area contributed by atoms with Crippen LogP contribution in [0.2, 0.25) is 0 Å². The summed E-state index contributed by atoms with van der Waals surface area (Å²) in [7, 11) is 0. The number of benzene rings is 2. The lowest BCUT2D eigenvalue weighted by Gasteiger charge is -2.17. The Morgan fingerprint density at radius 3 is 2.38 bits per heavy atom. The van der Waals surface area contributed by atoms with Crippen molar-refractivity contribution in [2.45, 2.75) is 19.2 Å². The summed E-state index contributed by atoms with van der Waals surface area (Å²) >= 11 is 9.39. The molecule has 1 unspecified atom stereocenters. The average molecular weight is 376 g/mol. The summed E-state index contributed by atoms with van der Waals surface area (Å²) in [6, 6.07) is 7.81. The van der Waals surface area contributed by atoms with E-state index in [1.54, 1.807) is 12.1 Å². The summed E-state index contributed by atoms with van der Waals surface area (Å²) in [5.41, 5.74) is 1.32. The van der Waals surface area contributed by atoms with Crippen LogP contribution in [0.25, 0.3) is 0 Å². The van der Waals surface area contributed by atoms with Crippen LogP contribution >= 0.6 is 27.5 Å². The fourth-order valence-electron chi connectivity index (χ4n) is 2.10. The number of aryl methyl sites for hydroxylation is 1. The lowest BCUT2D eigenvalue weighted by atomic mass is 10.0. The summed E-state index contributed by atoms with van der Waals surface area (Å²) in [6.07, 6.45) is 0. The number of halogens is 4. The minimum absolute atomic E-state index is 0.175. The van der Waals surface area contributed by atoms with Crippen molar-refractivity contribution in [3.63, 3.8) is 0 Å². The zero-order valence-electron chi connectivity index (χ0n) is 11.6. The van der Waals surface area contributed by atoms with Gasteiger partial charge in [0.25, 0.3) is 0 Å². The molecule has 0 radical (unpaired) electrons. The second kappa shape index (κ2) is 6.75. The summed E-state index contributed by atoms with van der Waals surface area (Å²) in [5.74, 6) is -0.846. The topological polar surface area (TPSA) is 9.23 Å². The summed E-state index contributed by atoms with van der Waals surface area (Å²) in [4.78, 5) is 0. The highest BCUT2D eigenvalue weighted by molar-refractivity contribution is 9.10. The Kier molecular flexibility index (Phi) is 5.22. The molecular weight excluding hydrogens is 362 g/mol. The first-order valence-electron chi connectivity index (χ1n) is 6.46. The summed E-state index contributed by atoms with van der Waals surface area (Å²) < 4.78 is 34.0. The maximum atomic E-state index is 14.1. The molecule has 0 heterocycles. The van der Waals surface area contributed by atoms with E-state index in [2.05, 4.69) is 15.9 Å². The van der Waals surface area contributed by atoms with E-state index in [0.29, 0.717) is 22.4 Å². The quantitative estimate of drug-likeness (QED) is 0.617. The Bertz CT molecular complexity index is 638. The number of hydrogen-bond donors (Lipinski definition) is 0. The Labute approximate surface area is 136 Å².